The van der Waals surface area contributed by atoms with Crippen molar-refractivity contribution in [3.05, 3.63) is 41.5 Å². The highest BCUT2D eigenvalue weighted by atomic mass is 14.2. The number of rotatable bonds is 1. The third-order valence-corrected chi connectivity index (χ3v) is 1.41. The molecule has 1 nitrogen and oxygen atoms in total. The standard InChI is InChI=1S/C11H7N/c1-2-3-4-10-5-7-11(9-12)8-6-10/h1,3-8H/b4-3-. The quantitative estimate of drug-likeness (QED) is 0.567. The smallest absolute Gasteiger partial charge is 0.0991 e. The van der Waals surface area contributed by atoms with Crippen molar-refractivity contribution in [2.24, 2.45) is 0 Å². The van der Waals surface area contributed by atoms with Gasteiger partial charge in [-0.05, 0) is 29.8 Å². The molecule has 0 saturated heterocycles. The van der Waals surface area contributed by atoms with E-state index >= 15 is 0 Å². The molecule has 12 heavy (non-hydrogen) atoms. The predicted octanol–water partition coefficient (Wildman–Crippen LogP) is 2.20. The summed E-state index contributed by atoms with van der Waals surface area (Å²) in [7, 11) is 0. The maximum atomic E-state index is 8.50. The highest BCUT2D eigenvalue weighted by Crippen LogP contribution is 2.04. The van der Waals surface area contributed by atoms with Crippen molar-refractivity contribution in [3.8, 4) is 18.4 Å². The van der Waals surface area contributed by atoms with E-state index in [2.05, 4.69) is 5.92 Å². The number of benzene rings is 1. The Hall–Kier alpha value is -1.99. The Morgan fingerprint density at radius 2 is 1.92 bits per heavy atom. The molecule has 1 rings (SSSR count). The molecule has 0 heterocycles. The van der Waals surface area contributed by atoms with E-state index in [0.29, 0.717) is 5.56 Å². The van der Waals surface area contributed by atoms with Crippen molar-refractivity contribution in [2.75, 3.05) is 0 Å². The fraction of sp³-hybridized carbons (Fsp3) is 0. The van der Waals surface area contributed by atoms with Crippen molar-refractivity contribution in [1.82, 2.24) is 0 Å². The van der Waals surface area contributed by atoms with E-state index in [-0.39, 0.29) is 0 Å². The number of hydrogen-bond donors (Lipinski definition) is 0. The van der Waals surface area contributed by atoms with Crippen LogP contribution in [0.2, 0.25) is 0 Å². The van der Waals surface area contributed by atoms with Gasteiger partial charge in [0.25, 0.3) is 0 Å². The van der Waals surface area contributed by atoms with Crippen LogP contribution in [0.5, 0.6) is 0 Å². The molecule has 0 saturated carbocycles. The van der Waals surface area contributed by atoms with Gasteiger partial charge in [0.1, 0.15) is 0 Å². The second-order valence-corrected chi connectivity index (χ2v) is 2.23. The van der Waals surface area contributed by atoms with Gasteiger partial charge in [0.15, 0.2) is 0 Å². The molecule has 1 aromatic rings. The average Bonchev–Trinajstić information content (AvgIpc) is 2.15. The number of nitriles is 1. The van der Waals surface area contributed by atoms with Crippen molar-refractivity contribution < 1.29 is 0 Å². The van der Waals surface area contributed by atoms with E-state index in [4.69, 9.17) is 11.7 Å². The van der Waals surface area contributed by atoms with Gasteiger partial charge in [-0.3, -0.25) is 0 Å². The van der Waals surface area contributed by atoms with E-state index in [1.807, 2.05) is 24.3 Å². The first-order valence-corrected chi connectivity index (χ1v) is 3.49. The second-order valence-electron chi connectivity index (χ2n) is 2.23. The molecule has 56 valence electrons. The minimum absolute atomic E-state index is 0.660. The highest BCUT2D eigenvalue weighted by Gasteiger charge is 1.87. The fourth-order valence-corrected chi connectivity index (χ4v) is 0.813. The second kappa shape index (κ2) is 4.01. The topological polar surface area (TPSA) is 23.8 Å². The van der Waals surface area contributed by atoms with Gasteiger partial charge in [0.2, 0.25) is 0 Å². The zero-order valence-electron chi connectivity index (χ0n) is 6.49. The van der Waals surface area contributed by atoms with Crippen LogP contribution in [0.3, 0.4) is 0 Å². The van der Waals surface area contributed by atoms with Gasteiger partial charge in [0, 0.05) is 0 Å². The number of nitrogens with zero attached hydrogens (tertiary/aromatic N) is 1. The summed E-state index contributed by atoms with van der Waals surface area (Å²) in [4.78, 5) is 0. The van der Waals surface area contributed by atoms with Crippen molar-refractivity contribution >= 4 is 6.08 Å². The van der Waals surface area contributed by atoms with Crippen LogP contribution < -0.4 is 0 Å². The van der Waals surface area contributed by atoms with Crippen molar-refractivity contribution in [1.29, 1.82) is 5.26 Å². The normalized spacial score (nSPS) is 9.17. The third kappa shape index (κ3) is 2.01. The van der Waals surface area contributed by atoms with Gasteiger partial charge >= 0.3 is 0 Å². The highest BCUT2D eigenvalue weighted by molar-refractivity contribution is 5.53. The van der Waals surface area contributed by atoms with E-state index < -0.39 is 0 Å². The molecule has 0 fully saturated rings. The summed E-state index contributed by atoms with van der Waals surface area (Å²) in [6.45, 7) is 0. The number of allylic oxidation sites excluding steroid dienone is 1. The van der Waals surface area contributed by atoms with Crippen LogP contribution in [-0.2, 0) is 0 Å². The summed E-state index contributed by atoms with van der Waals surface area (Å²) in [5, 5.41) is 8.50. The Kier molecular flexibility index (Phi) is 2.71. The summed E-state index contributed by atoms with van der Waals surface area (Å²) in [5.74, 6) is 2.40. The van der Waals surface area contributed by atoms with Crippen LogP contribution >= 0.6 is 0 Å². The maximum Gasteiger partial charge on any atom is 0.0991 e. The minimum Gasteiger partial charge on any atom is -0.192 e. The molecule has 0 aliphatic rings. The predicted molar refractivity (Wildman–Crippen MR) is 49.0 cm³/mol. The Morgan fingerprint density at radius 1 is 1.25 bits per heavy atom. The number of hydrogen-bond acceptors (Lipinski definition) is 1. The zero-order chi connectivity index (χ0) is 8.81. The zero-order valence-corrected chi connectivity index (χ0v) is 6.49. The monoisotopic (exact) mass is 153 g/mol. The Labute approximate surface area is 72.0 Å². The summed E-state index contributed by atoms with van der Waals surface area (Å²) in [6.07, 6.45) is 8.49. The van der Waals surface area contributed by atoms with Gasteiger partial charge in [-0.25, -0.2) is 0 Å². The first kappa shape index (κ1) is 8.11. The van der Waals surface area contributed by atoms with Gasteiger partial charge in [-0.15, -0.1) is 6.42 Å². The lowest BCUT2D eigenvalue weighted by Crippen LogP contribution is -1.74. The summed E-state index contributed by atoms with van der Waals surface area (Å²) in [5.41, 5.74) is 1.67. The molecule has 0 aliphatic heterocycles. The number of terminal acetylenes is 1. The van der Waals surface area contributed by atoms with E-state index in [1.54, 1.807) is 18.2 Å². The molecule has 0 unspecified atom stereocenters. The van der Waals surface area contributed by atoms with Gasteiger partial charge < -0.3 is 0 Å². The summed E-state index contributed by atoms with van der Waals surface area (Å²) in [6, 6.07) is 9.27. The van der Waals surface area contributed by atoms with Crippen LogP contribution in [0.1, 0.15) is 11.1 Å². The average molecular weight is 153 g/mol. The molecule has 0 radical (unpaired) electrons. The molecular formula is C11H7N. The first-order chi connectivity index (χ1) is 5.86. The third-order valence-electron chi connectivity index (χ3n) is 1.41. The molecule has 0 aromatic heterocycles. The molecule has 0 aliphatic carbocycles. The molecule has 0 amide bonds. The molecule has 1 heteroatoms. The van der Waals surface area contributed by atoms with Gasteiger partial charge in [-0.2, -0.15) is 5.26 Å². The lowest BCUT2D eigenvalue weighted by Gasteiger charge is -1.90. The molecule has 0 N–H and O–H groups in total. The lowest BCUT2D eigenvalue weighted by atomic mass is 10.1. The first-order valence-electron chi connectivity index (χ1n) is 3.49. The van der Waals surface area contributed by atoms with Gasteiger partial charge in [0.05, 0.1) is 11.6 Å². The van der Waals surface area contributed by atoms with Crippen molar-refractivity contribution in [2.45, 2.75) is 0 Å². The summed E-state index contributed by atoms with van der Waals surface area (Å²) < 4.78 is 0. The van der Waals surface area contributed by atoms with E-state index in [9.17, 15) is 0 Å². The Bertz CT molecular complexity index is 357. The lowest BCUT2D eigenvalue weighted by molar-refractivity contribution is 1.48. The molecular weight excluding hydrogens is 146 g/mol. The fourth-order valence-electron chi connectivity index (χ4n) is 0.813. The molecule has 0 spiro atoms. The van der Waals surface area contributed by atoms with Crippen molar-refractivity contribution in [3.63, 3.8) is 0 Å². The van der Waals surface area contributed by atoms with Crippen LogP contribution in [0, 0.1) is 23.7 Å². The minimum atomic E-state index is 0.660. The SMILES string of the molecule is C#C/C=C\c1ccc(C#N)cc1. The largest absolute Gasteiger partial charge is 0.192 e. The van der Waals surface area contributed by atoms with Crippen LogP contribution in [0.4, 0.5) is 0 Å². The maximum absolute atomic E-state index is 8.50. The Balaban J connectivity index is 2.88. The van der Waals surface area contributed by atoms with Crippen LogP contribution in [0.15, 0.2) is 30.3 Å². The van der Waals surface area contributed by atoms with E-state index in [0.717, 1.165) is 5.56 Å². The molecule has 0 atom stereocenters. The summed E-state index contributed by atoms with van der Waals surface area (Å²) >= 11 is 0. The van der Waals surface area contributed by atoms with Gasteiger partial charge in [-0.1, -0.05) is 18.1 Å². The molecule has 1 aromatic carbocycles. The Morgan fingerprint density at radius 3 is 2.42 bits per heavy atom. The van der Waals surface area contributed by atoms with Crippen LogP contribution in [0.25, 0.3) is 6.08 Å². The van der Waals surface area contributed by atoms with Crippen LogP contribution in [-0.4, -0.2) is 0 Å². The van der Waals surface area contributed by atoms with E-state index in [1.165, 1.54) is 0 Å². The molecule has 0 bridgehead atoms.